The number of amides is 1. The Morgan fingerprint density at radius 1 is 1.22 bits per heavy atom. The molecule has 1 amide bonds. The number of halogens is 4. The maximum Gasteiger partial charge on any atom is 0.410 e. The maximum absolute atomic E-state index is 14.2. The van der Waals surface area contributed by atoms with Crippen LogP contribution in [0.15, 0.2) is 12.3 Å². The SMILES string of the molecule is C[C@@H]1CN(C(=O)OC(C)(C)C)CC[C@@H]1Nc1ncc2cc(C(F)F)nc(NC3CCCC3(F)F)c2n1. The average Bonchev–Trinajstić information content (AvgIpc) is 3.11. The number of carbonyl (C=O) groups excluding carboxylic acids is 1. The summed E-state index contributed by atoms with van der Waals surface area (Å²) in [6.07, 6.45) is -0.958. The van der Waals surface area contributed by atoms with Crippen molar-refractivity contribution in [1.82, 2.24) is 19.9 Å². The highest BCUT2D eigenvalue weighted by Crippen LogP contribution is 2.38. The molecule has 1 aliphatic heterocycles. The fraction of sp³-hybridized carbons (Fsp3) is 0.667. The molecular weight excluding hydrogens is 480 g/mol. The van der Waals surface area contributed by atoms with Crippen LogP contribution in [0.3, 0.4) is 0 Å². The zero-order valence-corrected chi connectivity index (χ0v) is 20.8. The average molecular weight is 513 g/mol. The number of hydrogen-bond donors (Lipinski definition) is 2. The molecule has 12 heteroatoms. The van der Waals surface area contributed by atoms with Crippen molar-refractivity contribution in [3.8, 4) is 0 Å². The number of aromatic nitrogens is 3. The quantitative estimate of drug-likeness (QED) is 0.503. The van der Waals surface area contributed by atoms with Crippen LogP contribution in [0.1, 0.15) is 65.5 Å². The molecule has 36 heavy (non-hydrogen) atoms. The monoisotopic (exact) mass is 512 g/mol. The van der Waals surface area contributed by atoms with Gasteiger partial charge in [0.05, 0.1) is 6.04 Å². The zero-order valence-electron chi connectivity index (χ0n) is 20.8. The molecule has 3 heterocycles. The lowest BCUT2D eigenvalue weighted by molar-refractivity contribution is -0.000692. The van der Waals surface area contributed by atoms with Crippen LogP contribution in [0.2, 0.25) is 0 Å². The van der Waals surface area contributed by atoms with Crippen molar-refractivity contribution in [1.29, 1.82) is 0 Å². The van der Waals surface area contributed by atoms with Crippen molar-refractivity contribution < 1.29 is 27.1 Å². The largest absolute Gasteiger partial charge is 0.444 e. The van der Waals surface area contributed by atoms with Gasteiger partial charge in [-0.25, -0.2) is 37.3 Å². The lowest BCUT2D eigenvalue weighted by atomic mass is 9.94. The number of carbonyl (C=O) groups is 1. The molecular formula is C24H32F4N6O2. The number of nitrogens with one attached hydrogen (secondary N) is 2. The molecule has 2 N–H and O–H groups in total. The zero-order chi connectivity index (χ0) is 26.3. The van der Waals surface area contributed by atoms with E-state index in [2.05, 4.69) is 25.6 Å². The van der Waals surface area contributed by atoms with Gasteiger partial charge < -0.3 is 20.3 Å². The Morgan fingerprint density at radius 3 is 2.58 bits per heavy atom. The standard InChI is InChI=1S/C24H32F4N6O2/c1-13-12-34(22(35)36-23(2,3)4)9-7-15(13)31-21-29-11-14-10-16(19(25)26)30-20(18(14)33-21)32-17-6-5-8-24(17,27)28/h10-11,13,15,17,19H,5-9,12H2,1-4H3,(H,30,32)(H,29,31,33)/t13-,15+,17?/m1/s1. The molecule has 8 nitrogen and oxygen atoms in total. The number of hydrogen-bond acceptors (Lipinski definition) is 7. The molecule has 2 fully saturated rings. The molecule has 198 valence electrons. The Bertz CT molecular complexity index is 1110. The van der Waals surface area contributed by atoms with Crippen LogP contribution in [0.5, 0.6) is 0 Å². The summed E-state index contributed by atoms with van der Waals surface area (Å²) in [5, 5.41) is 6.21. The molecule has 1 saturated carbocycles. The van der Waals surface area contributed by atoms with E-state index < -0.39 is 29.7 Å². The predicted octanol–water partition coefficient (Wildman–Crippen LogP) is 5.62. The molecule has 4 rings (SSSR count). The molecule has 0 bridgehead atoms. The Labute approximate surface area is 207 Å². The first kappa shape index (κ1) is 26.2. The number of anilines is 2. The minimum atomic E-state index is -2.96. The van der Waals surface area contributed by atoms with E-state index >= 15 is 0 Å². The van der Waals surface area contributed by atoms with E-state index in [-0.39, 0.29) is 53.6 Å². The van der Waals surface area contributed by atoms with Gasteiger partial charge in [0, 0.05) is 37.1 Å². The van der Waals surface area contributed by atoms with E-state index in [4.69, 9.17) is 4.74 Å². The Hall–Kier alpha value is -2.92. The molecule has 1 unspecified atom stereocenters. The van der Waals surface area contributed by atoms with Gasteiger partial charge in [-0.3, -0.25) is 0 Å². The summed E-state index contributed by atoms with van der Waals surface area (Å²) >= 11 is 0. The highest BCUT2D eigenvalue weighted by atomic mass is 19.3. The van der Waals surface area contributed by atoms with Gasteiger partial charge in [-0.2, -0.15) is 0 Å². The van der Waals surface area contributed by atoms with Gasteiger partial charge in [0.15, 0.2) is 5.82 Å². The van der Waals surface area contributed by atoms with Gasteiger partial charge in [0.1, 0.15) is 16.8 Å². The second kappa shape index (κ2) is 9.85. The second-order valence-electron chi connectivity index (χ2n) is 10.6. The minimum Gasteiger partial charge on any atom is -0.444 e. The van der Waals surface area contributed by atoms with Gasteiger partial charge >= 0.3 is 6.09 Å². The topological polar surface area (TPSA) is 92.3 Å². The summed E-state index contributed by atoms with van der Waals surface area (Å²) in [4.78, 5) is 26.7. The fourth-order valence-corrected chi connectivity index (χ4v) is 4.63. The molecule has 2 aliphatic rings. The molecule has 2 aromatic heterocycles. The summed E-state index contributed by atoms with van der Waals surface area (Å²) in [5.41, 5.74) is -0.918. The van der Waals surface area contributed by atoms with Crippen molar-refractivity contribution in [2.45, 2.75) is 83.4 Å². The Balaban J connectivity index is 1.53. The van der Waals surface area contributed by atoms with Crippen molar-refractivity contribution in [2.75, 3.05) is 23.7 Å². The third-order valence-corrected chi connectivity index (χ3v) is 6.50. The summed E-state index contributed by atoms with van der Waals surface area (Å²) in [6.45, 7) is 8.39. The Morgan fingerprint density at radius 2 is 1.97 bits per heavy atom. The van der Waals surface area contributed by atoms with Crippen LogP contribution in [-0.2, 0) is 4.74 Å². The Kier molecular flexibility index (Phi) is 7.16. The van der Waals surface area contributed by atoms with Crippen LogP contribution in [0.25, 0.3) is 10.9 Å². The minimum absolute atomic E-state index is 0.0414. The van der Waals surface area contributed by atoms with Crippen molar-refractivity contribution in [2.24, 2.45) is 5.92 Å². The van der Waals surface area contributed by atoms with Crippen molar-refractivity contribution >= 4 is 28.8 Å². The molecule has 0 aromatic carbocycles. The summed E-state index contributed by atoms with van der Waals surface area (Å²) in [7, 11) is 0. The highest BCUT2D eigenvalue weighted by molar-refractivity contribution is 5.89. The van der Waals surface area contributed by atoms with E-state index in [1.807, 2.05) is 27.7 Å². The van der Waals surface area contributed by atoms with Crippen LogP contribution in [0, 0.1) is 5.92 Å². The number of rotatable bonds is 5. The highest BCUT2D eigenvalue weighted by Gasteiger charge is 2.44. The molecule has 1 aliphatic carbocycles. The van der Waals surface area contributed by atoms with Crippen LogP contribution >= 0.6 is 0 Å². The number of alkyl halides is 4. The van der Waals surface area contributed by atoms with E-state index in [9.17, 15) is 22.4 Å². The summed E-state index contributed by atoms with van der Waals surface area (Å²) < 4.78 is 60.8. The normalized spacial score (nSPS) is 24.2. The van der Waals surface area contributed by atoms with E-state index in [1.54, 1.807) is 4.90 Å². The van der Waals surface area contributed by atoms with Crippen molar-refractivity contribution in [3.63, 3.8) is 0 Å². The number of piperidine rings is 1. The number of ether oxygens (including phenoxy) is 1. The fourth-order valence-electron chi connectivity index (χ4n) is 4.63. The molecule has 0 radical (unpaired) electrons. The lowest BCUT2D eigenvalue weighted by Crippen LogP contribution is -2.49. The van der Waals surface area contributed by atoms with Gasteiger partial charge in [-0.15, -0.1) is 0 Å². The predicted molar refractivity (Wildman–Crippen MR) is 127 cm³/mol. The van der Waals surface area contributed by atoms with Gasteiger partial charge in [-0.1, -0.05) is 6.92 Å². The summed E-state index contributed by atoms with van der Waals surface area (Å²) in [5.74, 6) is -2.79. The van der Waals surface area contributed by atoms with Crippen LogP contribution in [-0.4, -0.2) is 62.6 Å². The molecule has 3 atom stereocenters. The van der Waals surface area contributed by atoms with Crippen LogP contribution < -0.4 is 10.6 Å². The third kappa shape index (κ3) is 5.89. The number of pyridine rings is 1. The molecule has 2 aromatic rings. The lowest BCUT2D eigenvalue weighted by Gasteiger charge is -2.37. The second-order valence-corrected chi connectivity index (χ2v) is 10.6. The first-order valence-corrected chi connectivity index (χ1v) is 12.2. The van der Waals surface area contributed by atoms with E-state index in [0.29, 0.717) is 25.9 Å². The van der Waals surface area contributed by atoms with Gasteiger partial charge in [0.25, 0.3) is 12.3 Å². The smallest absolute Gasteiger partial charge is 0.410 e. The van der Waals surface area contributed by atoms with E-state index in [1.165, 1.54) is 12.3 Å². The van der Waals surface area contributed by atoms with E-state index in [0.717, 1.165) is 0 Å². The van der Waals surface area contributed by atoms with Crippen molar-refractivity contribution in [3.05, 3.63) is 18.0 Å². The summed E-state index contributed by atoms with van der Waals surface area (Å²) in [6, 6.07) is -0.0985. The maximum atomic E-state index is 14.2. The van der Waals surface area contributed by atoms with Crippen LogP contribution in [0.4, 0.5) is 34.1 Å². The number of likely N-dealkylation sites (tertiary alicyclic amines) is 1. The van der Waals surface area contributed by atoms with Gasteiger partial charge in [-0.05, 0) is 52.0 Å². The molecule has 1 saturated heterocycles. The van der Waals surface area contributed by atoms with Gasteiger partial charge in [0.2, 0.25) is 5.95 Å². The third-order valence-electron chi connectivity index (χ3n) is 6.50. The first-order chi connectivity index (χ1) is 16.8. The first-order valence-electron chi connectivity index (χ1n) is 12.2. The number of nitrogens with zero attached hydrogens (tertiary/aromatic N) is 4. The molecule has 0 spiro atoms. The number of fused-ring (bicyclic) bond motifs is 1.